The number of methoxy groups -OCH3 is 3. The molecule has 0 aliphatic heterocycles. The molecule has 2 aromatic rings. The average Bonchev–Trinajstić information content (AvgIpc) is 2.84. The van der Waals surface area contributed by atoms with Crippen LogP contribution in [0.15, 0.2) is 11.2 Å². The van der Waals surface area contributed by atoms with E-state index in [1.54, 1.807) is 0 Å². The van der Waals surface area contributed by atoms with Crippen LogP contribution in [-0.2, 0) is 0 Å². The zero-order valence-corrected chi connectivity index (χ0v) is 12.8. The van der Waals surface area contributed by atoms with Gasteiger partial charge in [0.25, 0.3) is 0 Å². The van der Waals surface area contributed by atoms with E-state index in [1.807, 2.05) is 0 Å². The van der Waals surface area contributed by atoms with Gasteiger partial charge in [-0.2, -0.15) is 0 Å². The van der Waals surface area contributed by atoms with Crippen LogP contribution in [0, 0.1) is 10.1 Å². The van der Waals surface area contributed by atoms with Gasteiger partial charge < -0.3 is 20.1 Å². The standard InChI is InChI=1S/C11H13N5O5S/c1-19-6-4-5(10-13-14-11(22)15(10)12)7(16(17)18)9(21-3)8(6)20-2/h4H,12H2,1-3H3,(H,14,22). The number of nitrogen functional groups attached to an aromatic ring is 1. The van der Waals surface area contributed by atoms with Crippen molar-refractivity contribution in [2.45, 2.75) is 5.16 Å². The number of nitrogens with two attached hydrogens (primary N) is 1. The first-order chi connectivity index (χ1) is 10.5. The minimum Gasteiger partial charge on any atom is -0.493 e. The van der Waals surface area contributed by atoms with Crippen LogP contribution in [0.5, 0.6) is 17.2 Å². The Bertz CT molecular complexity index is 732. The molecule has 0 aliphatic carbocycles. The van der Waals surface area contributed by atoms with E-state index in [9.17, 15) is 10.1 Å². The van der Waals surface area contributed by atoms with Gasteiger partial charge in [-0.25, -0.2) is 4.68 Å². The number of benzene rings is 1. The highest BCUT2D eigenvalue weighted by Gasteiger charge is 2.32. The van der Waals surface area contributed by atoms with Gasteiger partial charge >= 0.3 is 5.69 Å². The Morgan fingerprint density at radius 2 is 1.86 bits per heavy atom. The molecule has 2 rings (SSSR count). The van der Waals surface area contributed by atoms with Crippen LogP contribution in [0.3, 0.4) is 0 Å². The van der Waals surface area contributed by atoms with E-state index in [0.717, 1.165) is 4.68 Å². The normalized spacial score (nSPS) is 10.4. The van der Waals surface area contributed by atoms with E-state index in [4.69, 9.17) is 20.1 Å². The molecule has 0 amide bonds. The smallest absolute Gasteiger partial charge is 0.326 e. The molecule has 1 heterocycles. The van der Waals surface area contributed by atoms with Gasteiger partial charge in [0.05, 0.1) is 26.3 Å². The number of aromatic nitrogens is 3. The van der Waals surface area contributed by atoms with Crippen molar-refractivity contribution >= 4 is 18.3 Å². The Balaban J connectivity index is 2.88. The maximum atomic E-state index is 11.5. The van der Waals surface area contributed by atoms with E-state index < -0.39 is 4.92 Å². The molecule has 1 aromatic carbocycles. The van der Waals surface area contributed by atoms with E-state index in [-0.39, 0.29) is 39.5 Å². The van der Waals surface area contributed by atoms with Crippen molar-refractivity contribution in [2.75, 3.05) is 27.2 Å². The molecule has 0 unspecified atom stereocenters. The van der Waals surface area contributed by atoms with Crippen LogP contribution in [0.2, 0.25) is 0 Å². The fourth-order valence-electron chi connectivity index (χ4n) is 1.96. The second kappa shape index (κ2) is 5.97. The highest BCUT2D eigenvalue weighted by Crippen LogP contribution is 2.49. The molecule has 0 fully saturated rings. The number of hydrogen-bond donors (Lipinski definition) is 2. The Morgan fingerprint density at radius 1 is 1.23 bits per heavy atom. The number of nitro benzene ring substituents is 1. The number of rotatable bonds is 5. The highest BCUT2D eigenvalue weighted by molar-refractivity contribution is 7.80. The van der Waals surface area contributed by atoms with Crippen molar-refractivity contribution in [1.82, 2.24) is 14.9 Å². The molecule has 11 heteroatoms. The Morgan fingerprint density at radius 3 is 2.27 bits per heavy atom. The van der Waals surface area contributed by atoms with Crippen molar-refractivity contribution in [1.29, 1.82) is 0 Å². The van der Waals surface area contributed by atoms with Crippen molar-refractivity contribution in [2.24, 2.45) is 0 Å². The summed E-state index contributed by atoms with van der Waals surface area (Å²) in [4.78, 5) is 10.9. The number of nitrogens with zero attached hydrogens (tertiary/aromatic N) is 4. The summed E-state index contributed by atoms with van der Waals surface area (Å²) in [5.41, 5.74) is -0.303. The summed E-state index contributed by atoms with van der Waals surface area (Å²) in [5.74, 6) is 5.99. The summed E-state index contributed by atoms with van der Waals surface area (Å²) < 4.78 is 16.4. The van der Waals surface area contributed by atoms with E-state index in [2.05, 4.69) is 22.8 Å². The molecule has 0 spiro atoms. The summed E-state index contributed by atoms with van der Waals surface area (Å²) >= 11 is 4.00. The summed E-state index contributed by atoms with van der Waals surface area (Å²) in [7, 11) is 4.02. The van der Waals surface area contributed by atoms with E-state index >= 15 is 0 Å². The van der Waals surface area contributed by atoms with Crippen molar-refractivity contribution in [3.8, 4) is 28.6 Å². The van der Waals surface area contributed by atoms with Crippen molar-refractivity contribution in [3.63, 3.8) is 0 Å². The summed E-state index contributed by atoms with van der Waals surface area (Å²) in [6.07, 6.45) is 0. The van der Waals surface area contributed by atoms with Gasteiger partial charge in [0, 0.05) is 6.07 Å². The molecular weight excluding hydrogens is 314 g/mol. The topological polar surface area (TPSA) is 128 Å². The first-order valence-corrected chi connectivity index (χ1v) is 6.28. The minimum atomic E-state index is -0.622. The third-order valence-corrected chi connectivity index (χ3v) is 3.21. The second-order valence-electron chi connectivity index (χ2n) is 3.99. The Kier molecular flexibility index (Phi) is 4.26. The molecule has 0 aliphatic rings. The maximum absolute atomic E-state index is 11.5. The van der Waals surface area contributed by atoms with Crippen LogP contribution >= 0.6 is 12.6 Å². The largest absolute Gasteiger partial charge is 0.493 e. The van der Waals surface area contributed by atoms with Gasteiger partial charge in [0.1, 0.15) is 5.56 Å². The number of nitro groups is 1. The SMILES string of the molecule is COc1cc(-c2nnc(S)n2N)c([N+](=O)[O-])c(OC)c1OC. The first-order valence-electron chi connectivity index (χ1n) is 5.83. The molecule has 10 nitrogen and oxygen atoms in total. The molecular formula is C11H13N5O5S. The molecule has 0 radical (unpaired) electrons. The van der Waals surface area contributed by atoms with Gasteiger partial charge in [-0.15, -0.1) is 22.8 Å². The molecule has 0 saturated heterocycles. The molecule has 0 atom stereocenters. The first kappa shape index (κ1) is 15.7. The lowest BCUT2D eigenvalue weighted by atomic mass is 10.1. The lowest BCUT2D eigenvalue weighted by molar-refractivity contribution is -0.385. The lowest BCUT2D eigenvalue weighted by Crippen LogP contribution is -2.12. The van der Waals surface area contributed by atoms with Gasteiger partial charge in [-0.05, 0) is 0 Å². The third-order valence-electron chi connectivity index (χ3n) is 2.91. The van der Waals surface area contributed by atoms with E-state index in [1.165, 1.54) is 27.4 Å². The molecule has 2 N–H and O–H groups in total. The average molecular weight is 327 g/mol. The van der Waals surface area contributed by atoms with Crippen molar-refractivity contribution in [3.05, 3.63) is 16.2 Å². The van der Waals surface area contributed by atoms with Gasteiger partial charge in [-0.1, -0.05) is 0 Å². The minimum absolute atomic E-state index is 0.0379. The third kappa shape index (κ3) is 2.35. The highest BCUT2D eigenvalue weighted by atomic mass is 32.1. The molecule has 0 saturated carbocycles. The summed E-state index contributed by atoms with van der Waals surface area (Å²) in [5, 5.41) is 19.0. The molecule has 22 heavy (non-hydrogen) atoms. The summed E-state index contributed by atoms with van der Waals surface area (Å²) in [6.45, 7) is 0. The maximum Gasteiger partial charge on any atom is 0.326 e. The zero-order valence-electron chi connectivity index (χ0n) is 11.9. The number of ether oxygens (including phenoxy) is 3. The predicted octanol–water partition coefficient (Wildman–Crippen LogP) is 0.882. The zero-order chi connectivity index (χ0) is 16.4. The lowest BCUT2D eigenvalue weighted by Gasteiger charge is -2.14. The van der Waals surface area contributed by atoms with Crippen LogP contribution < -0.4 is 20.1 Å². The van der Waals surface area contributed by atoms with Crippen LogP contribution in [0.1, 0.15) is 0 Å². The molecule has 1 aromatic heterocycles. The van der Waals surface area contributed by atoms with Crippen LogP contribution in [0.25, 0.3) is 11.4 Å². The molecule has 0 bridgehead atoms. The van der Waals surface area contributed by atoms with Gasteiger partial charge in [-0.3, -0.25) is 10.1 Å². The number of hydrogen-bond acceptors (Lipinski definition) is 9. The Labute approximate surface area is 130 Å². The second-order valence-corrected chi connectivity index (χ2v) is 4.39. The predicted molar refractivity (Wildman–Crippen MR) is 79.2 cm³/mol. The Hall–Kier alpha value is -2.69. The summed E-state index contributed by atoms with van der Waals surface area (Å²) in [6, 6.07) is 1.38. The quantitative estimate of drug-likeness (QED) is 0.358. The van der Waals surface area contributed by atoms with Gasteiger partial charge in [0.15, 0.2) is 11.6 Å². The van der Waals surface area contributed by atoms with Crippen LogP contribution in [0.4, 0.5) is 5.69 Å². The van der Waals surface area contributed by atoms with E-state index in [0.29, 0.717) is 0 Å². The molecule has 118 valence electrons. The monoisotopic (exact) mass is 327 g/mol. The fraction of sp³-hybridized carbons (Fsp3) is 0.273. The van der Waals surface area contributed by atoms with Gasteiger partial charge in [0.2, 0.25) is 16.7 Å². The number of thiol groups is 1. The fourth-order valence-corrected chi connectivity index (χ4v) is 2.10. The van der Waals surface area contributed by atoms with Crippen LogP contribution in [-0.4, -0.2) is 41.1 Å². The van der Waals surface area contributed by atoms with Crippen molar-refractivity contribution < 1.29 is 19.1 Å².